The van der Waals surface area contributed by atoms with E-state index in [-0.39, 0.29) is 6.54 Å². The van der Waals surface area contributed by atoms with Crippen LogP contribution in [0.5, 0.6) is 0 Å². The van der Waals surface area contributed by atoms with Crippen LogP contribution in [0.3, 0.4) is 0 Å². The van der Waals surface area contributed by atoms with Crippen molar-refractivity contribution in [1.29, 1.82) is 0 Å². The Kier molecular flexibility index (Phi) is 4.74. The summed E-state index contributed by atoms with van der Waals surface area (Å²) in [6.45, 7) is 3.64. The summed E-state index contributed by atoms with van der Waals surface area (Å²) in [5.74, 6) is -0.0794. The zero-order valence-electron chi connectivity index (χ0n) is 11.8. The minimum atomic E-state index is -1.01. The van der Waals surface area contributed by atoms with Crippen LogP contribution in [0.2, 0.25) is 0 Å². The molecule has 1 aromatic heterocycles. The van der Waals surface area contributed by atoms with Gasteiger partial charge in [0.1, 0.15) is 5.54 Å². The van der Waals surface area contributed by atoms with Gasteiger partial charge in [-0.2, -0.15) is 4.98 Å². The molecule has 112 valence electrons. The molecule has 7 heteroatoms. The molecule has 0 aliphatic heterocycles. The third-order valence-corrected chi connectivity index (χ3v) is 3.85. The molecule has 21 heavy (non-hydrogen) atoms. The van der Waals surface area contributed by atoms with Gasteiger partial charge in [-0.1, -0.05) is 40.1 Å². The van der Waals surface area contributed by atoms with E-state index in [1.165, 1.54) is 0 Å². The van der Waals surface area contributed by atoms with E-state index in [2.05, 4.69) is 31.4 Å². The molecule has 0 bridgehead atoms. The van der Waals surface area contributed by atoms with Gasteiger partial charge in [0, 0.05) is 10.0 Å². The first kappa shape index (κ1) is 15.7. The van der Waals surface area contributed by atoms with E-state index in [0.717, 1.165) is 10.0 Å². The first-order chi connectivity index (χ1) is 9.94. The van der Waals surface area contributed by atoms with Crippen molar-refractivity contribution in [1.82, 2.24) is 15.5 Å². The number of hydrogen-bond acceptors (Lipinski definition) is 5. The number of hydrogen-bond donors (Lipinski definition) is 2. The monoisotopic (exact) mass is 353 g/mol. The lowest BCUT2D eigenvalue weighted by Crippen LogP contribution is -2.48. The summed E-state index contributed by atoms with van der Waals surface area (Å²) in [6.07, 6.45) is 0.453. The average molecular weight is 354 g/mol. The summed E-state index contributed by atoms with van der Waals surface area (Å²) in [6, 6.07) is 7.55. The van der Waals surface area contributed by atoms with Crippen molar-refractivity contribution in [2.75, 3.05) is 0 Å². The maximum Gasteiger partial charge on any atom is 0.323 e. The van der Waals surface area contributed by atoms with Gasteiger partial charge in [-0.25, -0.2) is 0 Å². The number of carbonyl (C=O) groups is 1. The molecule has 2 N–H and O–H groups in total. The summed E-state index contributed by atoms with van der Waals surface area (Å²) in [5.41, 5.74) is -0.180. The summed E-state index contributed by atoms with van der Waals surface area (Å²) in [4.78, 5) is 15.5. The Hall–Kier alpha value is -1.73. The number of rotatable bonds is 6. The van der Waals surface area contributed by atoms with Crippen molar-refractivity contribution < 1.29 is 14.4 Å². The van der Waals surface area contributed by atoms with Crippen molar-refractivity contribution in [3.8, 4) is 11.4 Å². The van der Waals surface area contributed by atoms with Crippen LogP contribution >= 0.6 is 15.9 Å². The molecule has 0 spiro atoms. The van der Waals surface area contributed by atoms with Crippen LogP contribution in [0.4, 0.5) is 0 Å². The molecule has 6 nitrogen and oxygen atoms in total. The second kappa shape index (κ2) is 6.36. The summed E-state index contributed by atoms with van der Waals surface area (Å²) in [7, 11) is 0. The molecular weight excluding hydrogens is 338 g/mol. The Bertz CT molecular complexity index is 644. The third kappa shape index (κ3) is 3.68. The maximum absolute atomic E-state index is 11.2. The van der Waals surface area contributed by atoms with Crippen molar-refractivity contribution in [2.24, 2.45) is 0 Å². The molecule has 1 atom stereocenters. The van der Waals surface area contributed by atoms with Gasteiger partial charge in [0.05, 0.1) is 6.54 Å². The topological polar surface area (TPSA) is 88.3 Å². The molecule has 0 amide bonds. The van der Waals surface area contributed by atoms with Crippen LogP contribution in [-0.2, 0) is 11.3 Å². The lowest BCUT2D eigenvalue weighted by molar-refractivity contribution is -0.144. The number of carboxylic acids is 1. The van der Waals surface area contributed by atoms with Gasteiger partial charge in [-0.3, -0.25) is 10.1 Å². The van der Waals surface area contributed by atoms with Crippen LogP contribution in [-0.4, -0.2) is 26.8 Å². The highest BCUT2D eigenvalue weighted by atomic mass is 79.9. The highest BCUT2D eigenvalue weighted by molar-refractivity contribution is 9.10. The Balaban J connectivity index is 2.09. The molecule has 1 unspecified atom stereocenters. The Morgan fingerprint density at radius 3 is 2.90 bits per heavy atom. The number of aromatic nitrogens is 2. The maximum atomic E-state index is 11.2. The summed E-state index contributed by atoms with van der Waals surface area (Å²) < 4.78 is 6.07. The van der Waals surface area contributed by atoms with Crippen molar-refractivity contribution in [2.45, 2.75) is 32.4 Å². The smallest absolute Gasteiger partial charge is 0.323 e. The second-order valence-corrected chi connectivity index (χ2v) is 5.78. The molecule has 1 heterocycles. The van der Waals surface area contributed by atoms with Crippen LogP contribution in [0.1, 0.15) is 26.2 Å². The molecule has 1 aromatic carbocycles. The minimum absolute atomic E-state index is 0.206. The fourth-order valence-electron chi connectivity index (χ4n) is 1.69. The van der Waals surface area contributed by atoms with Crippen molar-refractivity contribution in [3.63, 3.8) is 0 Å². The predicted molar refractivity (Wildman–Crippen MR) is 80.6 cm³/mol. The zero-order chi connectivity index (χ0) is 15.5. The SMILES string of the molecule is CCC(C)(NCc1nc(-c2cccc(Br)c2)no1)C(=O)O. The third-order valence-electron chi connectivity index (χ3n) is 3.36. The highest BCUT2D eigenvalue weighted by Gasteiger charge is 2.30. The first-order valence-electron chi connectivity index (χ1n) is 6.51. The van der Waals surface area contributed by atoms with E-state index in [4.69, 9.17) is 4.52 Å². The number of carboxylic acid groups (broad SMARTS) is 1. The van der Waals surface area contributed by atoms with Gasteiger partial charge < -0.3 is 9.63 Å². The lowest BCUT2D eigenvalue weighted by Gasteiger charge is -2.23. The molecular formula is C14H16BrN3O3. The number of benzene rings is 1. The standard InChI is InChI=1S/C14H16BrN3O3/c1-3-14(2,13(19)20)16-8-11-17-12(18-21-11)9-5-4-6-10(15)7-9/h4-7,16H,3,8H2,1-2H3,(H,19,20). The minimum Gasteiger partial charge on any atom is -0.480 e. The summed E-state index contributed by atoms with van der Waals surface area (Å²) in [5, 5.41) is 16.0. The fourth-order valence-corrected chi connectivity index (χ4v) is 2.09. The van der Waals surface area contributed by atoms with Gasteiger partial charge in [0.2, 0.25) is 11.7 Å². The van der Waals surface area contributed by atoms with Crippen LogP contribution < -0.4 is 5.32 Å². The number of aliphatic carboxylic acids is 1. The van der Waals surface area contributed by atoms with E-state index >= 15 is 0 Å². The zero-order valence-corrected chi connectivity index (χ0v) is 13.3. The van der Waals surface area contributed by atoms with Crippen molar-refractivity contribution in [3.05, 3.63) is 34.6 Å². The van der Waals surface area contributed by atoms with Crippen LogP contribution in [0, 0.1) is 0 Å². The van der Waals surface area contributed by atoms with E-state index < -0.39 is 11.5 Å². The average Bonchev–Trinajstić information content (AvgIpc) is 2.93. The second-order valence-electron chi connectivity index (χ2n) is 4.87. The Morgan fingerprint density at radius 2 is 2.29 bits per heavy atom. The molecule has 0 aliphatic rings. The number of nitrogens with zero attached hydrogens (tertiary/aromatic N) is 2. The normalized spacial score (nSPS) is 13.9. The molecule has 2 aromatic rings. The molecule has 0 fully saturated rings. The highest BCUT2D eigenvalue weighted by Crippen LogP contribution is 2.20. The molecule has 0 aliphatic carbocycles. The van der Waals surface area contributed by atoms with E-state index in [1.807, 2.05) is 31.2 Å². The molecule has 0 saturated carbocycles. The van der Waals surface area contributed by atoms with E-state index in [1.54, 1.807) is 6.92 Å². The molecule has 0 saturated heterocycles. The van der Waals surface area contributed by atoms with Gasteiger partial charge in [0.25, 0.3) is 0 Å². The van der Waals surface area contributed by atoms with Gasteiger partial charge in [-0.05, 0) is 25.5 Å². The predicted octanol–water partition coefficient (Wildman–Crippen LogP) is 2.84. The Morgan fingerprint density at radius 1 is 1.52 bits per heavy atom. The number of halogens is 1. The fraction of sp³-hybridized carbons (Fsp3) is 0.357. The summed E-state index contributed by atoms with van der Waals surface area (Å²) >= 11 is 3.38. The van der Waals surface area contributed by atoms with Gasteiger partial charge >= 0.3 is 5.97 Å². The van der Waals surface area contributed by atoms with Crippen molar-refractivity contribution >= 4 is 21.9 Å². The van der Waals surface area contributed by atoms with Crippen LogP contribution in [0.25, 0.3) is 11.4 Å². The number of nitrogens with one attached hydrogen (secondary N) is 1. The quantitative estimate of drug-likeness (QED) is 0.829. The van der Waals surface area contributed by atoms with E-state index in [0.29, 0.717) is 18.1 Å². The van der Waals surface area contributed by atoms with Gasteiger partial charge in [-0.15, -0.1) is 0 Å². The van der Waals surface area contributed by atoms with E-state index in [9.17, 15) is 9.90 Å². The largest absolute Gasteiger partial charge is 0.480 e. The lowest BCUT2D eigenvalue weighted by atomic mass is 9.99. The van der Waals surface area contributed by atoms with Crippen LogP contribution in [0.15, 0.2) is 33.3 Å². The molecule has 0 radical (unpaired) electrons. The first-order valence-corrected chi connectivity index (χ1v) is 7.31. The van der Waals surface area contributed by atoms with Gasteiger partial charge in [0.15, 0.2) is 0 Å². The molecule has 2 rings (SSSR count). The Labute approximate surface area is 130 Å².